The Morgan fingerprint density at radius 3 is 2.33 bits per heavy atom. The van der Waals surface area contributed by atoms with Crippen LogP contribution in [0.15, 0.2) is 48.5 Å². The first-order valence-electron chi connectivity index (χ1n) is 6.99. The highest BCUT2D eigenvalue weighted by Gasteiger charge is 2.14. The Bertz CT molecular complexity index is 626. The molecule has 110 valence electrons. The molecule has 3 heteroatoms. The van der Waals surface area contributed by atoms with E-state index in [4.69, 9.17) is 0 Å². The molecular weight excluding hydrogens is 265 g/mol. The van der Waals surface area contributed by atoms with Gasteiger partial charge in [-0.15, -0.1) is 0 Å². The van der Waals surface area contributed by atoms with Crippen LogP contribution in [0.1, 0.15) is 42.3 Å². The average Bonchev–Trinajstić information content (AvgIpc) is 2.44. The summed E-state index contributed by atoms with van der Waals surface area (Å²) in [6.45, 7) is 6.71. The molecule has 0 atom stereocenters. The molecule has 0 saturated carbocycles. The third-order valence-electron chi connectivity index (χ3n) is 3.36. The lowest BCUT2D eigenvalue weighted by Crippen LogP contribution is -2.23. The molecule has 2 aromatic rings. The van der Waals surface area contributed by atoms with Gasteiger partial charge in [-0.25, -0.2) is 4.39 Å². The van der Waals surface area contributed by atoms with Gasteiger partial charge < -0.3 is 5.32 Å². The smallest absolute Gasteiger partial charge is 0.251 e. The second-order valence-corrected chi connectivity index (χ2v) is 6.14. The van der Waals surface area contributed by atoms with Crippen LogP contribution in [0.2, 0.25) is 0 Å². The fourth-order valence-corrected chi connectivity index (χ4v) is 2.05. The number of benzene rings is 2. The molecule has 0 aliphatic rings. The van der Waals surface area contributed by atoms with E-state index in [1.807, 2.05) is 24.3 Å². The average molecular weight is 285 g/mol. The van der Waals surface area contributed by atoms with Gasteiger partial charge in [-0.1, -0.05) is 45.0 Å². The summed E-state index contributed by atoms with van der Waals surface area (Å²) in [5.74, 6) is -0.448. The number of carbonyl (C=O) groups is 1. The number of halogens is 1. The van der Waals surface area contributed by atoms with E-state index in [0.717, 1.165) is 5.56 Å². The summed E-state index contributed by atoms with van der Waals surface area (Å²) in [4.78, 5) is 12.1. The minimum absolute atomic E-state index is 0.0660. The van der Waals surface area contributed by atoms with Crippen molar-refractivity contribution in [2.45, 2.75) is 32.7 Å². The van der Waals surface area contributed by atoms with Gasteiger partial charge in [0.1, 0.15) is 5.82 Å². The molecule has 1 N–H and O–H groups in total. The van der Waals surface area contributed by atoms with E-state index in [2.05, 4.69) is 26.1 Å². The van der Waals surface area contributed by atoms with Gasteiger partial charge in [0.25, 0.3) is 5.91 Å². The fraction of sp³-hybridized carbons (Fsp3) is 0.278. The second kappa shape index (κ2) is 6.08. The SMILES string of the molecule is CC(C)(C)c1ccc(C(=O)NCc2cccc(F)c2)cc1. The first-order valence-corrected chi connectivity index (χ1v) is 6.99. The standard InChI is InChI=1S/C18H20FNO/c1-18(2,3)15-9-7-14(8-10-15)17(21)20-12-13-5-4-6-16(19)11-13/h4-11H,12H2,1-3H3,(H,20,21). The van der Waals surface area contributed by atoms with Gasteiger partial charge in [0, 0.05) is 12.1 Å². The zero-order valence-corrected chi connectivity index (χ0v) is 12.6. The molecule has 0 saturated heterocycles. The number of nitrogens with one attached hydrogen (secondary N) is 1. The maximum Gasteiger partial charge on any atom is 0.251 e. The topological polar surface area (TPSA) is 29.1 Å². The first kappa shape index (κ1) is 15.2. The van der Waals surface area contributed by atoms with E-state index >= 15 is 0 Å². The van der Waals surface area contributed by atoms with Gasteiger partial charge in [-0.2, -0.15) is 0 Å². The molecule has 21 heavy (non-hydrogen) atoms. The van der Waals surface area contributed by atoms with Crippen molar-refractivity contribution in [1.82, 2.24) is 5.32 Å². The lowest BCUT2D eigenvalue weighted by Gasteiger charge is -2.19. The second-order valence-electron chi connectivity index (χ2n) is 6.14. The Balaban J connectivity index is 2.00. The molecule has 0 fully saturated rings. The Morgan fingerprint density at radius 1 is 1.10 bits per heavy atom. The predicted molar refractivity (Wildman–Crippen MR) is 82.7 cm³/mol. The van der Waals surface area contributed by atoms with Gasteiger partial charge in [0.2, 0.25) is 0 Å². The van der Waals surface area contributed by atoms with E-state index in [-0.39, 0.29) is 17.1 Å². The lowest BCUT2D eigenvalue weighted by atomic mass is 9.87. The van der Waals surface area contributed by atoms with Crippen molar-refractivity contribution < 1.29 is 9.18 Å². The van der Waals surface area contributed by atoms with Crippen LogP contribution in [0.5, 0.6) is 0 Å². The number of amides is 1. The third-order valence-corrected chi connectivity index (χ3v) is 3.36. The summed E-state index contributed by atoms with van der Waals surface area (Å²) < 4.78 is 13.1. The highest BCUT2D eigenvalue weighted by molar-refractivity contribution is 5.94. The molecule has 0 aliphatic heterocycles. The largest absolute Gasteiger partial charge is 0.348 e. The lowest BCUT2D eigenvalue weighted by molar-refractivity contribution is 0.0951. The van der Waals surface area contributed by atoms with Gasteiger partial charge in [0.15, 0.2) is 0 Å². The molecule has 0 spiro atoms. The van der Waals surface area contributed by atoms with E-state index in [0.29, 0.717) is 12.1 Å². The maximum absolute atomic E-state index is 13.1. The molecule has 0 heterocycles. The summed E-state index contributed by atoms with van der Waals surface area (Å²) in [6.07, 6.45) is 0. The first-order chi connectivity index (χ1) is 9.86. The molecular formula is C18H20FNO. The number of hydrogen-bond acceptors (Lipinski definition) is 1. The molecule has 0 aliphatic carbocycles. The predicted octanol–water partition coefficient (Wildman–Crippen LogP) is 4.05. The highest BCUT2D eigenvalue weighted by Crippen LogP contribution is 2.22. The van der Waals surface area contributed by atoms with Crippen molar-refractivity contribution in [2.75, 3.05) is 0 Å². The van der Waals surface area contributed by atoms with Crippen LogP contribution in [-0.2, 0) is 12.0 Å². The quantitative estimate of drug-likeness (QED) is 0.905. The Hall–Kier alpha value is -2.16. The third kappa shape index (κ3) is 4.15. The fourth-order valence-electron chi connectivity index (χ4n) is 2.05. The Morgan fingerprint density at radius 2 is 1.76 bits per heavy atom. The van der Waals surface area contributed by atoms with Crippen LogP contribution in [0, 0.1) is 5.82 Å². The van der Waals surface area contributed by atoms with E-state index < -0.39 is 0 Å². The molecule has 1 amide bonds. The van der Waals surface area contributed by atoms with Crippen LogP contribution in [0.4, 0.5) is 4.39 Å². The zero-order chi connectivity index (χ0) is 15.5. The molecule has 2 aromatic carbocycles. The Kier molecular flexibility index (Phi) is 4.41. The van der Waals surface area contributed by atoms with Crippen molar-refractivity contribution >= 4 is 5.91 Å². The van der Waals surface area contributed by atoms with Crippen molar-refractivity contribution in [2.24, 2.45) is 0 Å². The molecule has 0 radical (unpaired) electrons. The van der Waals surface area contributed by atoms with Crippen molar-refractivity contribution in [3.8, 4) is 0 Å². The minimum Gasteiger partial charge on any atom is -0.348 e. The minimum atomic E-state index is -0.295. The van der Waals surface area contributed by atoms with Gasteiger partial charge in [0.05, 0.1) is 0 Å². The Labute approximate surface area is 125 Å². The van der Waals surface area contributed by atoms with Crippen molar-refractivity contribution in [1.29, 1.82) is 0 Å². The van der Waals surface area contributed by atoms with E-state index in [1.165, 1.54) is 17.7 Å². The zero-order valence-electron chi connectivity index (χ0n) is 12.6. The van der Waals surface area contributed by atoms with Crippen LogP contribution >= 0.6 is 0 Å². The number of hydrogen-bond donors (Lipinski definition) is 1. The molecule has 0 aromatic heterocycles. The van der Waals surface area contributed by atoms with Crippen LogP contribution < -0.4 is 5.32 Å². The number of rotatable bonds is 3. The van der Waals surface area contributed by atoms with E-state index in [1.54, 1.807) is 12.1 Å². The molecule has 0 bridgehead atoms. The molecule has 2 rings (SSSR count). The van der Waals surface area contributed by atoms with Crippen LogP contribution in [-0.4, -0.2) is 5.91 Å². The number of carbonyl (C=O) groups excluding carboxylic acids is 1. The normalized spacial score (nSPS) is 11.2. The summed E-state index contributed by atoms with van der Waals surface area (Å²) in [6, 6.07) is 13.8. The summed E-state index contributed by atoms with van der Waals surface area (Å²) in [5.41, 5.74) is 2.61. The van der Waals surface area contributed by atoms with Gasteiger partial charge in [-0.3, -0.25) is 4.79 Å². The summed E-state index contributed by atoms with van der Waals surface area (Å²) >= 11 is 0. The van der Waals surface area contributed by atoms with Crippen molar-refractivity contribution in [3.63, 3.8) is 0 Å². The summed E-state index contributed by atoms with van der Waals surface area (Å²) in [7, 11) is 0. The summed E-state index contributed by atoms with van der Waals surface area (Å²) in [5, 5.41) is 2.80. The van der Waals surface area contributed by atoms with Crippen LogP contribution in [0.3, 0.4) is 0 Å². The molecule has 0 unspecified atom stereocenters. The molecule has 2 nitrogen and oxygen atoms in total. The maximum atomic E-state index is 13.1. The van der Waals surface area contributed by atoms with Crippen LogP contribution in [0.25, 0.3) is 0 Å². The highest BCUT2D eigenvalue weighted by atomic mass is 19.1. The monoisotopic (exact) mass is 285 g/mol. The van der Waals surface area contributed by atoms with Gasteiger partial charge in [-0.05, 0) is 40.8 Å². The van der Waals surface area contributed by atoms with Gasteiger partial charge >= 0.3 is 0 Å². The van der Waals surface area contributed by atoms with Crippen molar-refractivity contribution in [3.05, 3.63) is 71.0 Å². The van der Waals surface area contributed by atoms with E-state index in [9.17, 15) is 9.18 Å².